The smallest absolute Gasteiger partial charge is 0.325 e. The van der Waals surface area contributed by atoms with Crippen molar-refractivity contribution in [2.75, 3.05) is 13.7 Å². The molecule has 0 bridgehead atoms. The minimum Gasteiger partial charge on any atom is -0.507 e. The molecule has 3 aromatic carbocycles. The summed E-state index contributed by atoms with van der Waals surface area (Å²) in [6.07, 6.45) is -19.4. The molecule has 3 aromatic rings. The summed E-state index contributed by atoms with van der Waals surface area (Å²) in [7, 11) is 1.22. The van der Waals surface area contributed by atoms with Gasteiger partial charge in [0, 0.05) is 28.3 Å². The molecule has 12 N–H and O–H groups in total. The third kappa shape index (κ3) is 6.59. The summed E-state index contributed by atoms with van der Waals surface area (Å²) in [5.41, 5.74) is -5.59. The summed E-state index contributed by atoms with van der Waals surface area (Å²) < 4.78 is 27.9. The monoisotopic (exact) mass is 843 g/mol. The zero-order valence-corrected chi connectivity index (χ0v) is 32.0. The molecule has 0 spiro atoms. The molecule has 2 fully saturated rings. The summed E-state index contributed by atoms with van der Waals surface area (Å²) in [6.45, 7) is 3.30. The van der Waals surface area contributed by atoms with E-state index in [-0.39, 0.29) is 16.9 Å². The number of benzene rings is 3. The van der Waals surface area contributed by atoms with Crippen LogP contribution in [0.15, 0.2) is 18.2 Å². The summed E-state index contributed by atoms with van der Waals surface area (Å²) >= 11 is 0. The van der Waals surface area contributed by atoms with Gasteiger partial charge in [-0.3, -0.25) is 19.2 Å². The molecule has 1 amide bonds. The number of aliphatic carboxylic acids is 1. The summed E-state index contributed by atoms with van der Waals surface area (Å²) in [6, 6.07) is 1.83. The normalized spacial score (nSPS) is 30.1. The van der Waals surface area contributed by atoms with Crippen LogP contribution in [0.25, 0.3) is 11.1 Å². The second-order valence-corrected chi connectivity index (χ2v) is 14.9. The van der Waals surface area contributed by atoms with E-state index in [2.05, 4.69) is 5.32 Å². The standard InChI is InChI=1S/C39H41NO20/c1-9-5-14-19(27(46)17(9)36(53)40-10(2)37(54)55)20-21(30(49)23-22(29(20)48)25(44)13-6-12(56-4)7-15(41)18(13)28(23)47)31(50)34(14)59-39-33(52)35(24(43)11(3)58-39)60-38-32(51)26(45)16(42)8-57-38/h5-7,10-11,16,24,26,31-35,38-39,41-43,45-46,48-52H,8H2,1-4H3,(H,40,53)(H,54,55)/t10?,11?,16?,24?,26?,31-,32?,33?,34-,35?,38?,39?/m0/s1. The molecule has 0 radical (unpaired) electrons. The molecule has 2 aliphatic heterocycles. The molecular weight excluding hydrogens is 802 g/mol. The summed E-state index contributed by atoms with van der Waals surface area (Å²) in [5, 5.41) is 123. The lowest BCUT2D eigenvalue weighted by atomic mass is 9.73. The number of nitrogens with one attached hydrogen (secondary N) is 1. The van der Waals surface area contributed by atoms with Crippen molar-refractivity contribution in [2.24, 2.45) is 0 Å². The Labute approximate surface area is 338 Å². The van der Waals surface area contributed by atoms with E-state index >= 15 is 0 Å². The second-order valence-electron chi connectivity index (χ2n) is 14.9. The number of carbonyl (C=O) groups excluding carboxylic acids is 3. The van der Waals surface area contributed by atoms with E-state index in [0.29, 0.717) is 0 Å². The molecule has 322 valence electrons. The number of amides is 1. The molecule has 21 nitrogen and oxygen atoms in total. The first-order valence-corrected chi connectivity index (χ1v) is 18.4. The van der Waals surface area contributed by atoms with E-state index < -0.39 is 171 Å². The van der Waals surface area contributed by atoms with Gasteiger partial charge < -0.3 is 85.2 Å². The van der Waals surface area contributed by atoms with Crippen molar-refractivity contribution < 1.29 is 99.0 Å². The number of methoxy groups -OCH3 is 1. The Morgan fingerprint density at radius 3 is 2.12 bits per heavy atom. The van der Waals surface area contributed by atoms with E-state index in [1.54, 1.807) is 0 Å². The number of aryl methyl sites for hydroxylation is 1. The van der Waals surface area contributed by atoms with E-state index in [9.17, 15) is 75.3 Å². The van der Waals surface area contributed by atoms with Gasteiger partial charge in [-0.1, -0.05) is 6.07 Å². The van der Waals surface area contributed by atoms with Gasteiger partial charge in [-0.05, 0) is 38.0 Å². The molecule has 10 unspecified atom stereocenters. The van der Waals surface area contributed by atoms with Crippen LogP contribution in [0.3, 0.4) is 0 Å². The molecule has 2 saturated heterocycles. The van der Waals surface area contributed by atoms with Crippen molar-refractivity contribution >= 4 is 23.4 Å². The number of rotatable bonds is 8. The number of phenols is 4. The predicted molar refractivity (Wildman–Crippen MR) is 195 cm³/mol. The van der Waals surface area contributed by atoms with Crippen LogP contribution in [0.5, 0.6) is 28.7 Å². The van der Waals surface area contributed by atoms with E-state index in [1.807, 2.05) is 0 Å². The Morgan fingerprint density at radius 2 is 1.47 bits per heavy atom. The SMILES string of the molecule is COc1cc(O)c2c(c1)C(=O)c1c(O)c3c(c(O)c1C2=O)[C@H](O)[C@@H](OC1OC(C)C(O)C(OC2OCC(O)C(O)C2O)C1O)c1cc(C)c(C(=O)NC(C)C(=O)O)c(O)c1-3. The van der Waals surface area contributed by atoms with Crippen LogP contribution in [-0.4, -0.2) is 155 Å². The fourth-order valence-corrected chi connectivity index (χ4v) is 7.99. The van der Waals surface area contributed by atoms with Gasteiger partial charge in [-0.15, -0.1) is 0 Å². The van der Waals surface area contributed by atoms with Crippen molar-refractivity contribution in [3.63, 3.8) is 0 Å². The van der Waals surface area contributed by atoms with Crippen LogP contribution in [0.2, 0.25) is 0 Å². The lowest BCUT2D eigenvalue weighted by Crippen LogP contribution is -2.62. The average Bonchev–Trinajstić information content (AvgIpc) is 3.19. The molecule has 21 heteroatoms. The highest BCUT2D eigenvalue weighted by atomic mass is 16.7. The molecule has 4 aliphatic rings. The van der Waals surface area contributed by atoms with E-state index in [1.165, 1.54) is 27.0 Å². The molecule has 7 rings (SSSR count). The maximum Gasteiger partial charge on any atom is 0.325 e. The molecular formula is C39H41NO20. The lowest BCUT2D eigenvalue weighted by Gasteiger charge is -2.45. The Balaban J connectivity index is 1.39. The molecule has 12 atom stereocenters. The minimum atomic E-state index is -2.19. The fourth-order valence-electron chi connectivity index (χ4n) is 7.99. The number of carbonyl (C=O) groups is 4. The van der Waals surface area contributed by atoms with Crippen LogP contribution in [-0.2, 0) is 23.7 Å². The third-order valence-electron chi connectivity index (χ3n) is 11.2. The Morgan fingerprint density at radius 1 is 0.800 bits per heavy atom. The highest BCUT2D eigenvalue weighted by Gasteiger charge is 2.52. The summed E-state index contributed by atoms with van der Waals surface area (Å²) in [4.78, 5) is 53.3. The zero-order valence-electron chi connectivity index (χ0n) is 32.0. The zero-order chi connectivity index (χ0) is 44.0. The number of aromatic hydroxyl groups is 4. The van der Waals surface area contributed by atoms with Crippen molar-refractivity contribution in [3.05, 3.63) is 62.7 Å². The van der Waals surface area contributed by atoms with Gasteiger partial charge in [0.25, 0.3) is 5.91 Å². The van der Waals surface area contributed by atoms with Gasteiger partial charge in [0.15, 0.2) is 18.4 Å². The van der Waals surface area contributed by atoms with Gasteiger partial charge in [0.2, 0.25) is 5.78 Å². The molecule has 60 heavy (non-hydrogen) atoms. The molecule has 0 saturated carbocycles. The van der Waals surface area contributed by atoms with Crippen molar-refractivity contribution in [1.29, 1.82) is 0 Å². The Kier molecular flexibility index (Phi) is 11.0. The Bertz CT molecular complexity index is 2310. The number of aliphatic hydroxyl groups is 6. The van der Waals surface area contributed by atoms with Gasteiger partial charge >= 0.3 is 5.97 Å². The van der Waals surface area contributed by atoms with Gasteiger partial charge in [-0.25, -0.2) is 0 Å². The predicted octanol–water partition coefficient (Wildman–Crippen LogP) is -1.13. The fraction of sp³-hybridized carbons (Fsp3) is 0.436. The first-order valence-electron chi connectivity index (χ1n) is 18.4. The van der Waals surface area contributed by atoms with Crippen molar-refractivity contribution in [2.45, 2.75) is 94.3 Å². The molecule has 0 aromatic heterocycles. The highest BCUT2D eigenvalue weighted by molar-refractivity contribution is 6.32. The van der Waals surface area contributed by atoms with Crippen LogP contribution >= 0.6 is 0 Å². The Hall–Kier alpha value is -5.46. The average molecular weight is 844 g/mol. The van der Waals surface area contributed by atoms with E-state index in [0.717, 1.165) is 19.1 Å². The van der Waals surface area contributed by atoms with Crippen molar-refractivity contribution in [3.8, 4) is 39.9 Å². The largest absolute Gasteiger partial charge is 0.507 e. The maximum atomic E-state index is 14.1. The number of phenolic OH excluding ortho intramolecular Hbond substituents is 4. The third-order valence-corrected chi connectivity index (χ3v) is 11.2. The lowest BCUT2D eigenvalue weighted by molar-refractivity contribution is -0.353. The van der Waals surface area contributed by atoms with Crippen LogP contribution in [0, 0.1) is 6.92 Å². The van der Waals surface area contributed by atoms with E-state index in [4.69, 9.17) is 23.7 Å². The number of aliphatic hydroxyl groups excluding tert-OH is 6. The number of hydrogen-bond acceptors (Lipinski definition) is 19. The highest BCUT2D eigenvalue weighted by Crippen LogP contribution is 2.60. The maximum absolute atomic E-state index is 14.1. The summed E-state index contributed by atoms with van der Waals surface area (Å²) in [5.74, 6) is -8.83. The second kappa shape index (κ2) is 15.5. The van der Waals surface area contributed by atoms with Crippen LogP contribution < -0.4 is 10.1 Å². The number of hydrogen-bond donors (Lipinski definition) is 12. The van der Waals surface area contributed by atoms with Gasteiger partial charge in [0.1, 0.15) is 83.6 Å². The van der Waals surface area contributed by atoms with Gasteiger partial charge in [0.05, 0.1) is 42.1 Å². The van der Waals surface area contributed by atoms with Crippen molar-refractivity contribution in [1.82, 2.24) is 5.32 Å². The number of carboxylic acid groups (broad SMARTS) is 1. The van der Waals surface area contributed by atoms with Crippen LogP contribution in [0.4, 0.5) is 0 Å². The number of ketones is 2. The molecule has 2 aliphatic carbocycles. The quantitative estimate of drug-likeness (QED) is 0.0933. The first kappa shape index (κ1) is 42.7. The van der Waals surface area contributed by atoms with Crippen LogP contribution in [0.1, 0.15) is 84.9 Å². The molecule has 2 heterocycles. The topological polar surface area (TPSA) is 349 Å². The minimum absolute atomic E-state index is 0.0573. The number of carboxylic acids is 1. The number of ether oxygens (including phenoxy) is 5. The first-order chi connectivity index (χ1) is 28.2. The van der Waals surface area contributed by atoms with Gasteiger partial charge in [-0.2, -0.15) is 0 Å². The number of fused-ring (bicyclic) bond motifs is 5.